The summed E-state index contributed by atoms with van der Waals surface area (Å²) in [7, 11) is 0. The largest absolute Gasteiger partial charge is 0.493 e. The van der Waals surface area contributed by atoms with Crippen LogP contribution in [0.3, 0.4) is 0 Å². The van der Waals surface area contributed by atoms with Crippen molar-refractivity contribution in [1.29, 1.82) is 0 Å². The normalized spacial score (nSPS) is 18.7. The van der Waals surface area contributed by atoms with Crippen molar-refractivity contribution < 1.29 is 14.6 Å². The van der Waals surface area contributed by atoms with E-state index in [0.29, 0.717) is 32.2 Å². The van der Waals surface area contributed by atoms with E-state index in [9.17, 15) is 9.90 Å². The fourth-order valence-corrected chi connectivity index (χ4v) is 3.79. The van der Waals surface area contributed by atoms with E-state index in [4.69, 9.17) is 4.74 Å². The number of anilines is 1. The maximum absolute atomic E-state index is 12.1. The van der Waals surface area contributed by atoms with Gasteiger partial charge in [0, 0.05) is 50.6 Å². The third-order valence-corrected chi connectivity index (χ3v) is 5.00. The summed E-state index contributed by atoms with van der Waals surface area (Å²) in [5, 5.41) is 9.95. The Hall–Kier alpha value is -2.67. The number of benzene rings is 1. The summed E-state index contributed by atoms with van der Waals surface area (Å²) in [4.78, 5) is 24.9. The Bertz CT molecular complexity index is 784. The highest BCUT2D eigenvalue weighted by molar-refractivity contribution is 5.77. The van der Waals surface area contributed by atoms with Crippen LogP contribution in [0.2, 0.25) is 0 Å². The van der Waals surface area contributed by atoms with E-state index in [1.807, 2.05) is 23.1 Å². The van der Waals surface area contributed by atoms with Gasteiger partial charge >= 0.3 is 5.97 Å². The molecule has 3 heterocycles. The third-order valence-electron chi connectivity index (χ3n) is 5.00. The van der Waals surface area contributed by atoms with Crippen molar-refractivity contribution in [3.05, 3.63) is 47.8 Å². The fourth-order valence-electron chi connectivity index (χ4n) is 3.79. The van der Waals surface area contributed by atoms with E-state index < -0.39 is 12.0 Å². The smallest absolute Gasteiger partial charge is 0.325 e. The summed E-state index contributed by atoms with van der Waals surface area (Å²) in [6.07, 6.45) is 5.16. The molecule has 2 aromatic rings. The number of para-hydroxylation sites is 1. The molecule has 1 N–H and O–H groups in total. The number of aliphatic carboxylic acids is 1. The lowest BCUT2D eigenvalue weighted by molar-refractivity contribution is -0.143. The van der Waals surface area contributed by atoms with Crippen LogP contribution in [-0.4, -0.2) is 58.7 Å². The summed E-state index contributed by atoms with van der Waals surface area (Å²) >= 11 is 0. The topological polar surface area (TPSA) is 78.8 Å². The molecule has 0 aliphatic carbocycles. The summed E-state index contributed by atoms with van der Waals surface area (Å²) in [5.41, 5.74) is 1.86. The van der Waals surface area contributed by atoms with Gasteiger partial charge in [0.05, 0.1) is 6.61 Å². The lowest BCUT2D eigenvalue weighted by atomic mass is 10.0. The zero-order valence-corrected chi connectivity index (χ0v) is 14.5. The minimum atomic E-state index is -0.835. The van der Waals surface area contributed by atoms with Gasteiger partial charge in [-0.3, -0.25) is 9.69 Å². The molecular weight excluding hydrogens is 332 g/mol. The molecule has 0 spiro atoms. The molecule has 1 aromatic carbocycles. The quantitative estimate of drug-likeness (QED) is 0.896. The Balaban J connectivity index is 1.57. The van der Waals surface area contributed by atoms with E-state index in [1.165, 1.54) is 0 Å². The molecule has 1 aromatic heterocycles. The van der Waals surface area contributed by atoms with Crippen LogP contribution < -0.4 is 9.64 Å². The first-order valence-electron chi connectivity index (χ1n) is 8.97. The highest BCUT2D eigenvalue weighted by atomic mass is 16.5. The molecule has 0 saturated carbocycles. The second-order valence-corrected chi connectivity index (χ2v) is 6.60. The van der Waals surface area contributed by atoms with E-state index in [-0.39, 0.29) is 0 Å². The Morgan fingerprint density at radius 2 is 1.96 bits per heavy atom. The summed E-state index contributed by atoms with van der Waals surface area (Å²) < 4.78 is 5.75. The summed E-state index contributed by atoms with van der Waals surface area (Å²) in [6, 6.07) is 6.93. The van der Waals surface area contributed by atoms with Crippen molar-refractivity contribution >= 4 is 11.9 Å². The number of aromatic nitrogens is 2. The molecule has 2 aliphatic heterocycles. The third kappa shape index (κ3) is 3.22. The summed E-state index contributed by atoms with van der Waals surface area (Å²) in [5.74, 6) is 0.621. The van der Waals surface area contributed by atoms with Crippen molar-refractivity contribution in [1.82, 2.24) is 14.9 Å². The van der Waals surface area contributed by atoms with Gasteiger partial charge < -0.3 is 14.7 Å². The van der Waals surface area contributed by atoms with Crippen molar-refractivity contribution in [2.24, 2.45) is 0 Å². The van der Waals surface area contributed by atoms with Gasteiger partial charge in [-0.1, -0.05) is 18.2 Å². The van der Waals surface area contributed by atoms with E-state index >= 15 is 0 Å². The monoisotopic (exact) mass is 354 g/mol. The summed E-state index contributed by atoms with van der Waals surface area (Å²) in [6.45, 7) is 3.49. The molecule has 0 bridgehead atoms. The van der Waals surface area contributed by atoms with Crippen LogP contribution in [0.4, 0.5) is 5.95 Å². The SMILES string of the molecule is O=C(O)C(c1cccc2c1OCC2)N1CCCN(c2ncccn2)CC1. The molecule has 1 atom stereocenters. The molecule has 1 unspecified atom stereocenters. The maximum Gasteiger partial charge on any atom is 0.325 e. The fraction of sp³-hybridized carbons (Fsp3) is 0.421. The van der Waals surface area contributed by atoms with Gasteiger partial charge in [-0.05, 0) is 18.1 Å². The van der Waals surface area contributed by atoms with Crippen LogP contribution in [-0.2, 0) is 11.2 Å². The molecule has 1 fully saturated rings. The zero-order chi connectivity index (χ0) is 17.9. The molecule has 26 heavy (non-hydrogen) atoms. The molecule has 0 amide bonds. The van der Waals surface area contributed by atoms with Crippen LogP contribution in [0, 0.1) is 0 Å². The number of ether oxygens (including phenoxy) is 1. The van der Waals surface area contributed by atoms with E-state index in [2.05, 4.69) is 14.9 Å². The average molecular weight is 354 g/mol. The lowest BCUT2D eigenvalue weighted by Gasteiger charge is -2.28. The molecule has 136 valence electrons. The van der Waals surface area contributed by atoms with Crippen molar-refractivity contribution in [3.8, 4) is 5.75 Å². The number of fused-ring (bicyclic) bond motifs is 1. The van der Waals surface area contributed by atoms with Gasteiger partial charge in [-0.25, -0.2) is 9.97 Å². The van der Waals surface area contributed by atoms with Crippen LogP contribution in [0.25, 0.3) is 0 Å². The standard InChI is InChI=1S/C19H22N4O3/c24-18(25)16(15-5-1-4-14-6-13-26-17(14)15)22-9-3-10-23(12-11-22)19-20-7-2-8-21-19/h1-2,4-5,7-8,16H,3,6,9-13H2,(H,24,25). The van der Waals surface area contributed by atoms with Gasteiger partial charge in [-0.2, -0.15) is 0 Å². The second-order valence-electron chi connectivity index (χ2n) is 6.60. The number of carboxylic acids is 1. The predicted molar refractivity (Wildman–Crippen MR) is 96.5 cm³/mol. The van der Waals surface area contributed by atoms with Gasteiger partial charge in [0.15, 0.2) is 0 Å². The first-order chi connectivity index (χ1) is 12.7. The molecule has 1 saturated heterocycles. The number of nitrogens with zero attached hydrogens (tertiary/aromatic N) is 4. The number of hydrogen-bond acceptors (Lipinski definition) is 6. The number of carboxylic acid groups (broad SMARTS) is 1. The average Bonchev–Trinajstić information content (AvgIpc) is 3.02. The van der Waals surface area contributed by atoms with Gasteiger partial charge in [0.1, 0.15) is 11.8 Å². The minimum Gasteiger partial charge on any atom is -0.493 e. The van der Waals surface area contributed by atoms with E-state index in [0.717, 1.165) is 36.3 Å². The minimum absolute atomic E-state index is 0.623. The van der Waals surface area contributed by atoms with Gasteiger partial charge in [0.2, 0.25) is 5.95 Å². The molecule has 4 rings (SSSR count). The van der Waals surface area contributed by atoms with Gasteiger partial charge in [0.25, 0.3) is 0 Å². The first-order valence-corrected chi connectivity index (χ1v) is 8.97. The Morgan fingerprint density at radius 3 is 2.77 bits per heavy atom. The van der Waals surface area contributed by atoms with Crippen molar-refractivity contribution in [2.75, 3.05) is 37.7 Å². The van der Waals surface area contributed by atoms with Crippen molar-refractivity contribution in [3.63, 3.8) is 0 Å². The highest BCUT2D eigenvalue weighted by Crippen LogP contribution is 2.36. The van der Waals surface area contributed by atoms with Crippen LogP contribution >= 0.6 is 0 Å². The second kappa shape index (κ2) is 7.29. The van der Waals surface area contributed by atoms with Crippen LogP contribution in [0.5, 0.6) is 5.75 Å². The Morgan fingerprint density at radius 1 is 1.12 bits per heavy atom. The molecule has 0 radical (unpaired) electrons. The van der Waals surface area contributed by atoms with Crippen LogP contribution in [0.15, 0.2) is 36.7 Å². The molecule has 7 nitrogen and oxygen atoms in total. The predicted octanol–water partition coefficient (Wildman–Crippen LogP) is 1.75. The Labute approximate surface area is 152 Å². The number of carbonyl (C=O) groups is 1. The molecule has 7 heteroatoms. The van der Waals surface area contributed by atoms with Crippen molar-refractivity contribution in [2.45, 2.75) is 18.9 Å². The lowest BCUT2D eigenvalue weighted by Crippen LogP contribution is -2.37. The first kappa shape index (κ1) is 16.8. The Kier molecular flexibility index (Phi) is 4.71. The highest BCUT2D eigenvalue weighted by Gasteiger charge is 2.33. The zero-order valence-electron chi connectivity index (χ0n) is 14.5. The number of hydrogen-bond donors (Lipinski definition) is 1. The van der Waals surface area contributed by atoms with Gasteiger partial charge in [-0.15, -0.1) is 0 Å². The molecular formula is C19H22N4O3. The maximum atomic E-state index is 12.1. The van der Waals surface area contributed by atoms with Crippen LogP contribution in [0.1, 0.15) is 23.6 Å². The van der Waals surface area contributed by atoms with E-state index in [1.54, 1.807) is 18.5 Å². The molecule has 2 aliphatic rings. The number of rotatable bonds is 4.